The van der Waals surface area contributed by atoms with E-state index in [1.54, 1.807) is 0 Å². The summed E-state index contributed by atoms with van der Waals surface area (Å²) in [4.78, 5) is 0. The van der Waals surface area contributed by atoms with Gasteiger partial charge in [-0.15, -0.1) is 0 Å². The summed E-state index contributed by atoms with van der Waals surface area (Å²) in [6.07, 6.45) is 3.63. The summed E-state index contributed by atoms with van der Waals surface area (Å²) in [6.45, 7) is 2.93. The van der Waals surface area contributed by atoms with Crippen LogP contribution in [0.2, 0.25) is 0 Å². The highest BCUT2D eigenvalue weighted by Gasteiger charge is 2.34. The molecular weight excluding hydrogens is 112 g/mol. The van der Waals surface area contributed by atoms with E-state index >= 15 is 0 Å². The Morgan fingerprint density at radius 3 is 2.56 bits per heavy atom. The van der Waals surface area contributed by atoms with E-state index in [1.165, 1.54) is 12.8 Å². The maximum atomic E-state index is 5.84. The highest BCUT2D eigenvalue weighted by molar-refractivity contribution is 4.91. The van der Waals surface area contributed by atoms with Gasteiger partial charge < -0.3 is 11.5 Å². The molecule has 0 radical (unpaired) electrons. The summed E-state index contributed by atoms with van der Waals surface area (Å²) in [6, 6.07) is 0.350. The van der Waals surface area contributed by atoms with Crippen LogP contribution in [0.5, 0.6) is 0 Å². The Morgan fingerprint density at radius 1 is 1.67 bits per heavy atom. The zero-order valence-corrected chi connectivity index (χ0v) is 6.06. The van der Waals surface area contributed by atoms with Crippen molar-refractivity contribution in [2.75, 3.05) is 6.54 Å². The number of nitrogens with two attached hydrogens (primary N) is 2. The average molecular weight is 128 g/mol. The second kappa shape index (κ2) is 2.27. The molecule has 0 amide bonds. The predicted molar refractivity (Wildman–Crippen MR) is 39.0 cm³/mol. The van der Waals surface area contributed by atoms with Gasteiger partial charge in [0.15, 0.2) is 0 Å². The van der Waals surface area contributed by atoms with Crippen LogP contribution in [0.3, 0.4) is 0 Å². The molecule has 9 heavy (non-hydrogen) atoms. The second-order valence-electron chi connectivity index (χ2n) is 3.36. The van der Waals surface area contributed by atoms with Gasteiger partial charge in [0.1, 0.15) is 0 Å². The first-order valence-corrected chi connectivity index (χ1v) is 3.65. The lowest BCUT2D eigenvalue weighted by atomic mass is 9.86. The normalized spacial score (nSPS) is 43.7. The van der Waals surface area contributed by atoms with Crippen molar-refractivity contribution in [1.29, 1.82) is 0 Å². The number of rotatable bonds is 1. The smallest absolute Gasteiger partial charge is 0.0105 e. The summed E-state index contributed by atoms with van der Waals surface area (Å²) in [5.41, 5.74) is 11.7. The Morgan fingerprint density at radius 2 is 2.33 bits per heavy atom. The van der Waals surface area contributed by atoms with Gasteiger partial charge in [-0.05, 0) is 24.8 Å². The fourth-order valence-electron chi connectivity index (χ4n) is 1.51. The molecular formula is C7H16N2. The van der Waals surface area contributed by atoms with Crippen LogP contribution in [0.15, 0.2) is 0 Å². The average Bonchev–Trinajstić information content (AvgIpc) is 2.15. The molecule has 0 aromatic rings. The molecule has 0 bridgehead atoms. The molecule has 0 heterocycles. The topological polar surface area (TPSA) is 52.0 Å². The van der Waals surface area contributed by atoms with Crippen molar-refractivity contribution < 1.29 is 0 Å². The summed E-state index contributed by atoms with van der Waals surface area (Å²) >= 11 is 0. The molecule has 2 heteroatoms. The highest BCUT2D eigenvalue weighted by atomic mass is 14.7. The highest BCUT2D eigenvalue weighted by Crippen LogP contribution is 2.35. The van der Waals surface area contributed by atoms with Gasteiger partial charge in [-0.3, -0.25) is 0 Å². The van der Waals surface area contributed by atoms with Gasteiger partial charge in [0.2, 0.25) is 0 Å². The minimum atomic E-state index is 0.250. The first-order chi connectivity index (χ1) is 4.19. The Bertz CT molecular complexity index is 103. The molecule has 0 saturated heterocycles. The number of hydrogen-bond donors (Lipinski definition) is 2. The molecule has 1 fully saturated rings. The van der Waals surface area contributed by atoms with Crippen LogP contribution in [0, 0.1) is 5.41 Å². The van der Waals surface area contributed by atoms with Crippen molar-refractivity contribution >= 4 is 0 Å². The number of hydrogen-bond acceptors (Lipinski definition) is 2. The van der Waals surface area contributed by atoms with Gasteiger partial charge in [-0.2, -0.15) is 0 Å². The standard InChI is InChI=1S/C7H16N2/c1-7(5-8)4-2-3-6(7)9/h6H,2-5,8-9H2,1H3/t6-,7+/m1/s1. The molecule has 2 atom stereocenters. The minimum absolute atomic E-state index is 0.250. The van der Waals surface area contributed by atoms with Crippen LogP contribution in [0.4, 0.5) is 0 Å². The fourth-order valence-corrected chi connectivity index (χ4v) is 1.51. The van der Waals surface area contributed by atoms with Gasteiger partial charge in [0.05, 0.1) is 0 Å². The van der Waals surface area contributed by atoms with Crippen molar-refractivity contribution in [3.8, 4) is 0 Å². The molecule has 1 rings (SSSR count). The maximum absolute atomic E-state index is 5.84. The molecule has 0 aliphatic heterocycles. The molecule has 1 aliphatic rings. The first-order valence-electron chi connectivity index (χ1n) is 3.65. The van der Waals surface area contributed by atoms with Gasteiger partial charge in [0.25, 0.3) is 0 Å². The van der Waals surface area contributed by atoms with Gasteiger partial charge in [-0.1, -0.05) is 13.3 Å². The van der Waals surface area contributed by atoms with Crippen molar-refractivity contribution in [2.45, 2.75) is 32.2 Å². The van der Waals surface area contributed by atoms with E-state index in [2.05, 4.69) is 6.92 Å². The van der Waals surface area contributed by atoms with E-state index in [0.29, 0.717) is 6.04 Å². The summed E-state index contributed by atoms with van der Waals surface area (Å²) in [5.74, 6) is 0. The van der Waals surface area contributed by atoms with Crippen molar-refractivity contribution in [1.82, 2.24) is 0 Å². The lowest BCUT2D eigenvalue weighted by molar-refractivity contribution is 0.306. The van der Waals surface area contributed by atoms with E-state index in [-0.39, 0.29) is 5.41 Å². The van der Waals surface area contributed by atoms with Crippen molar-refractivity contribution in [2.24, 2.45) is 16.9 Å². The minimum Gasteiger partial charge on any atom is -0.330 e. The molecule has 4 N–H and O–H groups in total. The van der Waals surface area contributed by atoms with Crippen LogP contribution < -0.4 is 11.5 Å². The fraction of sp³-hybridized carbons (Fsp3) is 1.00. The van der Waals surface area contributed by atoms with Gasteiger partial charge in [-0.25, -0.2) is 0 Å². The monoisotopic (exact) mass is 128 g/mol. The Kier molecular flexibility index (Phi) is 1.78. The third kappa shape index (κ3) is 1.10. The molecule has 1 aliphatic carbocycles. The lowest BCUT2D eigenvalue weighted by Gasteiger charge is -2.26. The van der Waals surface area contributed by atoms with Crippen LogP contribution >= 0.6 is 0 Å². The van der Waals surface area contributed by atoms with Gasteiger partial charge >= 0.3 is 0 Å². The van der Waals surface area contributed by atoms with Crippen molar-refractivity contribution in [3.05, 3.63) is 0 Å². The molecule has 0 spiro atoms. The van der Waals surface area contributed by atoms with Crippen LogP contribution in [-0.4, -0.2) is 12.6 Å². The molecule has 2 nitrogen and oxygen atoms in total. The Hall–Kier alpha value is -0.0800. The molecule has 1 saturated carbocycles. The van der Waals surface area contributed by atoms with E-state index in [1.807, 2.05) is 0 Å². The van der Waals surface area contributed by atoms with E-state index in [9.17, 15) is 0 Å². The second-order valence-corrected chi connectivity index (χ2v) is 3.36. The van der Waals surface area contributed by atoms with E-state index in [0.717, 1.165) is 13.0 Å². The Balaban J connectivity index is 2.56. The zero-order chi connectivity index (χ0) is 6.91. The molecule has 0 unspecified atom stereocenters. The zero-order valence-electron chi connectivity index (χ0n) is 6.06. The molecule has 0 aromatic carbocycles. The predicted octanol–water partition coefficient (Wildman–Crippen LogP) is 0.463. The third-order valence-corrected chi connectivity index (χ3v) is 2.62. The van der Waals surface area contributed by atoms with Crippen LogP contribution in [-0.2, 0) is 0 Å². The van der Waals surface area contributed by atoms with E-state index < -0.39 is 0 Å². The third-order valence-electron chi connectivity index (χ3n) is 2.62. The van der Waals surface area contributed by atoms with Crippen molar-refractivity contribution in [3.63, 3.8) is 0 Å². The maximum Gasteiger partial charge on any atom is 0.0105 e. The molecule has 0 aromatic heterocycles. The summed E-state index contributed by atoms with van der Waals surface area (Å²) < 4.78 is 0. The summed E-state index contributed by atoms with van der Waals surface area (Å²) in [5, 5.41) is 0. The van der Waals surface area contributed by atoms with Crippen LogP contribution in [0.1, 0.15) is 26.2 Å². The Labute approximate surface area is 56.6 Å². The van der Waals surface area contributed by atoms with Crippen LogP contribution in [0.25, 0.3) is 0 Å². The lowest BCUT2D eigenvalue weighted by Crippen LogP contribution is -2.40. The first kappa shape index (κ1) is 7.03. The quantitative estimate of drug-likeness (QED) is 0.539. The van der Waals surface area contributed by atoms with Gasteiger partial charge in [0, 0.05) is 6.04 Å². The largest absolute Gasteiger partial charge is 0.330 e. The SMILES string of the molecule is C[C@@]1(CN)CCC[C@H]1N. The molecule has 54 valence electrons. The summed E-state index contributed by atoms with van der Waals surface area (Å²) in [7, 11) is 0. The van der Waals surface area contributed by atoms with E-state index in [4.69, 9.17) is 11.5 Å².